The van der Waals surface area contributed by atoms with E-state index in [1.165, 1.54) is 68.1 Å². The van der Waals surface area contributed by atoms with Crippen molar-refractivity contribution in [3.05, 3.63) is 71.3 Å². The van der Waals surface area contributed by atoms with E-state index in [4.69, 9.17) is 10.5 Å². The van der Waals surface area contributed by atoms with Gasteiger partial charge in [0.2, 0.25) is 0 Å². The van der Waals surface area contributed by atoms with Crippen LogP contribution in [0.3, 0.4) is 0 Å². The zero-order valence-electron chi connectivity index (χ0n) is 31.5. The van der Waals surface area contributed by atoms with Gasteiger partial charge in [-0.1, -0.05) is 89.3 Å². The molecule has 2 N–H and O–H groups in total. The molecule has 49 heavy (non-hydrogen) atoms. The van der Waals surface area contributed by atoms with Crippen LogP contribution < -0.4 is 5.73 Å². The van der Waals surface area contributed by atoms with Gasteiger partial charge in [-0.3, -0.25) is 9.18 Å². The van der Waals surface area contributed by atoms with Crippen LogP contribution in [0.25, 0.3) is 0 Å². The third-order valence-corrected chi connectivity index (χ3v) is 16.9. The average molecular weight is 670 g/mol. The van der Waals surface area contributed by atoms with Gasteiger partial charge in [0.25, 0.3) is 0 Å². The Morgan fingerprint density at radius 1 is 0.898 bits per heavy atom. The van der Waals surface area contributed by atoms with Crippen molar-refractivity contribution < 1.29 is 13.9 Å². The Balaban J connectivity index is 1.13. The summed E-state index contributed by atoms with van der Waals surface area (Å²) in [6.45, 7) is 19.6. The fourth-order valence-corrected chi connectivity index (χ4v) is 14.1. The number of fused-ring (bicyclic) bond motifs is 7. The zero-order chi connectivity index (χ0) is 35.0. The highest BCUT2D eigenvalue weighted by Gasteiger charge is 2.70. The molecule has 6 aliphatic rings. The summed E-state index contributed by atoms with van der Waals surface area (Å²) in [5, 5.41) is 0. The smallest absolute Gasteiger partial charge is 0.312 e. The monoisotopic (exact) mass is 669 g/mol. The number of hydrogen-bond acceptors (Lipinski definition) is 3. The van der Waals surface area contributed by atoms with Gasteiger partial charge in [-0.2, -0.15) is 0 Å². The summed E-state index contributed by atoms with van der Waals surface area (Å²) in [4.78, 5) is 13.5. The molecule has 3 nitrogen and oxygen atoms in total. The molecule has 0 heterocycles. The summed E-state index contributed by atoms with van der Waals surface area (Å²) >= 11 is 0. The summed E-state index contributed by atoms with van der Waals surface area (Å²) < 4.78 is 19.8. The quantitative estimate of drug-likeness (QED) is 0.232. The van der Waals surface area contributed by atoms with Gasteiger partial charge < -0.3 is 10.5 Å². The van der Waals surface area contributed by atoms with Crippen LogP contribution in [-0.2, 0) is 16.1 Å². The van der Waals surface area contributed by atoms with Gasteiger partial charge in [0.05, 0.1) is 12.1 Å². The first kappa shape index (κ1) is 35.2. The lowest BCUT2D eigenvalue weighted by atomic mass is 9.33. The van der Waals surface area contributed by atoms with Crippen LogP contribution in [0.4, 0.5) is 4.39 Å². The molecule has 0 spiro atoms. The first-order chi connectivity index (χ1) is 23.2. The second kappa shape index (κ2) is 12.2. The van der Waals surface area contributed by atoms with E-state index in [9.17, 15) is 9.18 Å². The van der Waals surface area contributed by atoms with Crippen LogP contribution in [0.2, 0.25) is 0 Å². The SMILES string of the molecule is C=C(C)C1CCC2(N)CCC3(C)C(CCC4C5(C)CC=C(C6=CCC(CCF)(C(=O)OCc7ccccc7)CC6)C(C)(C)C5CCC43C)C12. The van der Waals surface area contributed by atoms with Crippen LogP contribution in [0, 0.1) is 56.7 Å². The number of halogens is 1. The highest BCUT2D eigenvalue weighted by atomic mass is 19.1. The molecule has 0 bridgehead atoms. The molecule has 4 heteroatoms. The predicted octanol–water partition coefficient (Wildman–Crippen LogP) is 11.1. The number of nitrogens with two attached hydrogens (primary N) is 1. The zero-order valence-corrected chi connectivity index (χ0v) is 31.5. The number of ether oxygens (including phenoxy) is 1. The van der Waals surface area contributed by atoms with Gasteiger partial charge in [0, 0.05) is 5.54 Å². The van der Waals surface area contributed by atoms with Crippen LogP contribution in [0.1, 0.15) is 131 Å². The molecule has 4 saturated carbocycles. The molecule has 1 aromatic carbocycles. The van der Waals surface area contributed by atoms with Crippen LogP contribution in [0.15, 0.2) is 65.8 Å². The number of benzene rings is 1. The molecule has 0 aromatic heterocycles. The van der Waals surface area contributed by atoms with E-state index in [0.29, 0.717) is 53.3 Å². The molecule has 0 aliphatic heterocycles. The predicted molar refractivity (Wildman–Crippen MR) is 198 cm³/mol. The first-order valence-electron chi connectivity index (χ1n) is 19.8. The van der Waals surface area contributed by atoms with Crippen molar-refractivity contribution in [2.24, 2.45) is 62.4 Å². The lowest BCUT2D eigenvalue weighted by Crippen LogP contribution is -2.67. The Morgan fingerprint density at radius 3 is 2.33 bits per heavy atom. The number of rotatable bonds is 7. The van der Waals surface area contributed by atoms with E-state index < -0.39 is 12.1 Å². The van der Waals surface area contributed by atoms with E-state index in [0.717, 1.165) is 18.4 Å². The number of hydrogen-bond donors (Lipinski definition) is 1. The molecule has 1 aromatic rings. The first-order valence-corrected chi connectivity index (χ1v) is 19.8. The number of carbonyl (C=O) groups excluding carboxylic acids is 1. The van der Waals surface area contributed by atoms with Crippen molar-refractivity contribution in [2.45, 2.75) is 137 Å². The molecule has 10 atom stereocenters. The minimum atomic E-state index is -0.773. The fourth-order valence-electron chi connectivity index (χ4n) is 14.1. The van der Waals surface area contributed by atoms with Crippen LogP contribution in [-0.4, -0.2) is 18.2 Å². The third kappa shape index (κ3) is 5.22. The molecule has 0 amide bonds. The Hall–Kier alpha value is -2.20. The van der Waals surface area contributed by atoms with Gasteiger partial charge in [-0.25, -0.2) is 0 Å². The molecule has 0 saturated heterocycles. The largest absolute Gasteiger partial charge is 0.460 e. The van der Waals surface area contributed by atoms with E-state index >= 15 is 0 Å². The number of allylic oxidation sites excluding steroid dienone is 5. The summed E-state index contributed by atoms with van der Waals surface area (Å²) in [5.41, 5.74) is 12.7. The second-order valence-corrected chi connectivity index (χ2v) is 19.2. The maximum absolute atomic E-state index is 13.9. The maximum atomic E-state index is 13.9. The normalized spacial score (nSPS) is 44.0. The average Bonchev–Trinajstić information content (AvgIpc) is 3.43. The number of alkyl halides is 1. The van der Waals surface area contributed by atoms with Crippen molar-refractivity contribution in [3.63, 3.8) is 0 Å². The minimum absolute atomic E-state index is 0.00327. The van der Waals surface area contributed by atoms with Gasteiger partial charge >= 0.3 is 5.97 Å². The van der Waals surface area contributed by atoms with Gasteiger partial charge in [0.15, 0.2) is 0 Å². The second-order valence-electron chi connectivity index (χ2n) is 19.2. The lowest BCUT2D eigenvalue weighted by Gasteiger charge is -2.72. The third-order valence-electron chi connectivity index (χ3n) is 16.9. The Kier molecular flexibility index (Phi) is 8.77. The molecule has 0 radical (unpaired) electrons. The molecule has 6 aliphatic carbocycles. The summed E-state index contributed by atoms with van der Waals surface area (Å²) in [5.74, 6) is 2.92. The lowest BCUT2D eigenvalue weighted by molar-refractivity contribution is -0.219. The van der Waals surface area contributed by atoms with Crippen molar-refractivity contribution in [1.29, 1.82) is 0 Å². The number of esters is 1. The Bertz CT molecular complexity index is 1530. The van der Waals surface area contributed by atoms with E-state index in [1.807, 2.05) is 30.3 Å². The van der Waals surface area contributed by atoms with Gasteiger partial charge in [-0.15, -0.1) is 0 Å². The van der Waals surface area contributed by atoms with E-state index in [-0.39, 0.29) is 35.4 Å². The molecular formula is C45H64FNO2. The highest BCUT2D eigenvalue weighted by molar-refractivity contribution is 5.77. The molecule has 4 fully saturated rings. The van der Waals surface area contributed by atoms with E-state index in [1.54, 1.807) is 0 Å². The van der Waals surface area contributed by atoms with Crippen molar-refractivity contribution >= 4 is 5.97 Å². The number of carbonyl (C=O) groups is 1. The minimum Gasteiger partial charge on any atom is -0.460 e. The van der Waals surface area contributed by atoms with E-state index in [2.05, 4.69) is 60.3 Å². The topological polar surface area (TPSA) is 52.3 Å². The highest BCUT2D eigenvalue weighted by Crippen LogP contribution is 2.76. The van der Waals surface area contributed by atoms with Gasteiger partial charge in [-0.05, 0) is 158 Å². The summed E-state index contributed by atoms with van der Waals surface area (Å²) in [6, 6.07) is 9.79. The summed E-state index contributed by atoms with van der Waals surface area (Å²) in [6.07, 6.45) is 18.3. The standard InChI is InChI=1S/C45H64FNO2/c1-30(2)33-17-24-45(47)26-25-42(6)35(38(33)45)13-14-37-41(5)20-18-34(40(3,4)36(41)19-21-43(37,42)7)32-15-22-44(23-16-32,27-28-46)39(48)49-29-31-11-9-8-10-12-31/h8-12,15,18,33,35-38H,1,13-14,16-17,19-29,47H2,2-7H3. The van der Waals surface area contributed by atoms with Crippen molar-refractivity contribution in [2.75, 3.05) is 6.67 Å². The molecule has 7 rings (SSSR count). The molecule has 268 valence electrons. The Labute approximate surface area is 296 Å². The fraction of sp³-hybridized carbons (Fsp3) is 0.711. The van der Waals surface area contributed by atoms with Gasteiger partial charge in [0.1, 0.15) is 6.61 Å². The summed E-state index contributed by atoms with van der Waals surface area (Å²) in [7, 11) is 0. The van der Waals surface area contributed by atoms with Crippen molar-refractivity contribution in [3.8, 4) is 0 Å². The van der Waals surface area contributed by atoms with Crippen molar-refractivity contribution in [1.82, 2.24) is 0 Å². The van der Waals surface area contributed by atoms with Crippen LogP contribution in [0.5, 0.6) is 0 Å². The maximum Gasteiger partial charge on any atom is 0.312 e. The Morgan fingerprint density at radius 2 is 1.65 bits per heavy atom. The molecule has 10 unspecified atom stereocenters. The molecular weight excluding hydrogens is 605 g/mol. The van der Waals surface area contributed by atoms with Crippen LogP contribution >= 0.6 is 0 Å².